The Bertz CT molecular complexity index is 2740. The van der Waals surface area contributed by atoms with Crippen molar-refractivity contribution in [1.29, 1.82) is 0 Å². The average Bonchev–Trinajstić information content (AvgIpc) is 3.81. The van der Waals surface area contributed by atoms with Crippen LogP contribution < -0.4 is 40.7 Å². The highest BCUT2D eigenvalue weighted by Gasteiger charge is 2.50. The molecule has 0 saturated heterocycles. The molecule has 0 fully saturated rings. The topological polar surface area (TPSA) is 166 Å². The lowest BCUT2D eigenvalue weighted by atomic mass is 9.70. The van der Waals surface area contributed by atoms with Gasteiger partial charge in [-0.15, -0.1) is 0 Å². The first kappa shape index (κ1) is 47.6. The number of methoxy groups -OCH3 is 1. The van der Waals surface area contributed by atoms with Crippen molar-refractivity contribution in [2.24, 2.45) is 10.9 Å². The van der Waals surface area contributed by atoms with Crippen molar-refractivity contribution in [1.82, 2.24) is 16.0 Å². The van der Waals surface area contributed by atoms with Crippen LogP contribution in [0.2, 0.25) is 0 Å². The molecule has 1 aliphatic carbocycles. The van der Waals surface area contributed by atoms with Crippen molar-refractivity contribution in [3.05, 3.63) is 134 Å². The maximum absolute atomic E-state index is 11.6. The molecule has 7 N–H and O–H groups in total. The first-order chi connectivity index (χ1) is 32.9. The van der Waals surface area contributed by atoms with Crippen LogP contribution in [0, 0.1) is 5.92 Å². The number of hydrogen-bond donors (Lipinski definition) is 7. The SMILES string of the molecule is CNCOC1(CNCNCC(C)(O)CC(C)C)Cc2c3c(c4c(c2OC1c1cc(CCc2ccccc2)c(O)c(OC)c1)CCC(CO)O4)-c1ccc(O)cc1C(Cc1ccc2c(c1)=CCN=2)C3. The summed E-state index contributed by atoms with van der Waals surface area (Å²) in [5, 5.41) is 57.0. The molecular weight excluding hydrogens is 857 g/mol. The Balaban J connectivity index is 1.19. The quantitative estimate of drug-likeness (QED) is 0.0379. The highest BCUT2D eigenvalue weighted by molar-refractivity contribution is 5.85. The zero-order valence-electron chi connectivity index (χ0n) is 40.2. The van der Waals surface area contributed by atoms with Gasteiger partial charge in [0.2, 0.25) is 0 Å². The number of fused-ring (bicyclic) bond motifs is 9. The molecule has 5 atom stereocenters. The Labute approximate surface area is 400 Å². The molecular formula is C56H68N4O8. The molecule has 68 heavy (non-hydrogen) atoms. The van der Waals surface area contributed by atoms with Gasteiger partial charge in [-0.25, -0.2) is 0 Å². The number of aliphatic hydroxyl groups is 2. The Morgan fingerprint density at radius 3 is 2.54 bits per heavy atom. The number of aryl methyl sites for hydroxylation is 2. The zero-order valence-corrected chi connectivity index (χ0v) is 40.2. The molecule has 0 saturated carbocycles. The summed E-state index contributed by atoms with van der Waals surface area (Å²) in [4.78, 5) is 4.63. The summed E-state index contributed by atoms with van der Waals surface area (Å²) in [6.07, 6.45) is 6.11. The summed E-state index contributed by atoms with van der Waals surface area (Å²) in [7, 11) is 3.44. The van der Waals surface area contributed by atoms with Crippen LogP contribution in [0.3, 0.4) is 0 Å². The van der Waals surface area contributed by atoms with E-state index in [1.807, 2.05) is 56.4 Å². The average molecular weight is 925 g/mol. The van der Waals surface area contributed by atoms with E-state index in [0.717, 1.165) is 72.8 Å². The summed E-state index contributed by atoms with van der Waals surface area (Å²) in [6, 6.07) is 26.4. The highest BCUT2D eigenvalue weighted by atomic mass is 16.6. The lowest BCUT2D eigenvalue weighted by molar-refractivity contribution is -0.129. The molecule has 360 valence electrons. The van der Waals surface area contributed by atoms with Gasteiger partial charge in [0, 0.05) is 42.9 Å². The van der Waals surface area contributed by atoms with Gasteiger partial charge in [0.1, 0.15) is 29.0 Å². The number of benzene rings is 5. The molecule has 0 amide bonds. The van der Waals surface area contributed by atoms with E-state index in [9.17, 15) is 20.4 Å². The van der Waals surface area contributed by atoms with Crippen molar-refractivity contribution in [3.63, 3.8) is 0 Å². The molecule has 5 unspecified atom stereocenters. The number of nitrogens with zero attached hydrogens (tertiary/aromatic N) is 1. The number of ether oxygens (including phenoxy) is 4. The molecule has 9 rings (SSSR count). The van der Waals surface area contributed by atoms with Gasteiger partial charge in [-0.2, -0.15) is 0 Å². The number of nitrogens with one attached hydrogen (secondary N) is 3. The number of phenolic OH excluding ortho intramolecular Hbond substituents is 2. The maximum Gasteiger partial charge on any atom is 0.161 e. The number of phenols is 2. The van der Waals surface area contributed by atoms with Crippen molar-refractivity contribution in [2.45, 2.75) is 101 Å². The third kappa shape index (κ3) is 9.86. The molecule has 0 bridgehead atoms. The maximum atomic E-state index is 11.6. The number of hydrogen-bond acceptors (Lipinski definition) is 12. The number of aliphatic hydroxyl groups excluding tert-OH is 1. The Morgan fingerprint density at radius 1 is 0.926 bits per heavy atom. The molecule has 0 aromatic heterocycles. The van der Waals surface area contributed by atoms with Gasteiger partial charge in [0.05, 0.1) is 38.0 Å². The Hall–Kier alpha value is -5.47. The summed E-state index contributed by atoms with van der Waals surface area (Å²) < 4.78 is 27.5. The van der Waals surface area contributed by atoms with Gasteiger partial charge in [-0.3, -0.25) is 10.3 Å². The highest BCUT2D eigenvalue weighted by Crippen LogP contribution is 2.58. The van der Waals surface area contributed by atoms with Crippen LogP contribution >= 0.6 is 0 Å². The van der Waals surface area contributed by atoms with E-state index in [4.69, 9.17) is 18.9 Å². The molecule has 3 aliphatic heterocycles. The third-order valence-electron chi connectivity index (χ3n) is 14.2. The van der Waals surface area contributed by atoms with E-state index in [1.54, 1.807) is 13.2 Å². The molecule has 0 spiro atoms. The van der Waals surface area contributed by atoms with E-state index in [2.05, 4.69) is 71.2 Å². The second-order valence-corrected chi connectivity index (χ2v) is 20.0. The summed E-state index contributed by atoms with van der Waals surface area (Å²) >= 11 is 0. The minimum absolute atomic E-state index is 0.000195. The first-order valence-corrected chi connectivity index (χ1v) is 24.4. The van der Waals surface area contributed by atoms with E-state index >= 15 is 0 Å². The largest absolute Gasteiger partial charge is 0.508 e. The van der Waals surface area contributed by atoms with E-state index in [-0.39, 0.29) is 36.9 Å². The number of rotatable bonds is 19. The molecule has 5 aromatic rings. The Kier molecular flexibility index (Phi) is 14.2. The van der Waals surface area contributed by atoms with Crippen LogP contribution in [-0.2, 0) is 43.3 Å². The Morgan fingerprint density at radius 2 is 1.76 bits per heavy atom. The van der Waals surface area contributed by atoms with Crippen LogP contribution in [0.1, 0.15) is 90.1 Å². The van der Waals surface area contributed by atoms with E-state index in [0.29, 0.717) is 88.7 Å². The van der Waals surface area contributed by atoms with Gasteiger partial charge < -0.3 is 50.0 Å². The van der Waals surface area contributed by atoms with Crippen molar-refractivity contribution >= 4 is 6.08 Å². The fourth-order valence-corrected chi connectivity index (χ4v) is 11.2. The van der Waals surface area contributed by atoms with Crippen molar-refractivity contribution in [3.8, 4) is 39.9 Å². The molecule has 4 aliphatic rings. The van der Waals surface area contributed by atoms with Crippen LogP contribution in [-0.4, -0.2) is 91.5 Å². The summed E-state index contributed by atoms with van der Waals surface area (Å²) in [5.41, 5.74) is 8.12. The predicted octanol–water partition coefficient (Wildman–Crippen LogP) is 6.08. The van der Waals surface area contributed by atoms with E-state index in [1.165, 1.54) is 5.56 Å². The van der Waals surface area contributed by atoms with Crippen molar-refractivity contribution < 1.29 is 39.4 Å². The normalized spacial score (nSPS) is 20.9. The van der Waals surface area contributed by atoms with Crippen LogP contribution in [0.15, 0.2) is 83.9 Å². The minimum atomic E-state index is -1.02. The van der Waals surface area contributed by atoms with Gasteiger partial charge in [-0.05, 0) is 151 Å². The van der Waals surface area contributed by atoms with E-state index < -0.39 is 17.3 Å². The van der Waals surface area contributed by atoms with Crippen LogP contribution in [0.4, 0.5) is 0 Å². The predicted molar refractivity (Wildman–Crippen MR) is 264 cm³/mol. The molecule has 12 nitrogen and oxygen atoms in total. The second kappa shape index (κ2) is 20.2. The van der Waals surface area contributed by atoms with Gasteiger partial charge in [-0.1, -0.05) is 62.4 Å². The van der Waals surface area contributed by atoms with Crippen LogP contribution in [0.5, 0.6) is 28.7 Å². The van der Waals surface area contributed by atoms with Gasteiger partial charge >= 0.3 is 0 Å². The number of aromatic hydroxyl groups is 2. The minimum Gasteiger partial charge on any atom is -0.508 e. The fraction of sp³-hybridized carbons (Fsp3) is 0.446. The lowest BCUT2D eigenvalue weighted by Gasteiger charge is -2.47. The monoisotopic (exact) mass is 925 g/mol. The summed E-state index contributed by atoms with van der Waals surface area (Å²) in [5.74, 6) is 2.49. The van der Waals surface area contributed by atoms with Crippen LogP contribution in [0.25, 0.3) is 17.2 Å². The molecule has 12 heteroatoms. The standard InChI is InChI=1S/C56H68N4O8/c1-34(2)27-55(3,64)30-58-32-59-31-56(66-33-57-4)28-47-46-24-39(22-36-12-18-48-37(21-36)19-20-60-48)45-26-41(62)14-16-43(45)50(46)53-44(17-15-42(29-61)67-53)52(47)68-54(56)40-23-38(51(63)49(25-40)65-5)13-11-35-9-7-6-8-10-35/h6-10,12,14,16,18-19,21,23,25-26,34,39,42,54,57-59,61-64H,11,13,15,17,20,22,24,27-33H2,1-5H3. The first-order valence-electron chi connectivity index (χ1n) is 24.4. The van der Waals surface area contributed by atoms with Gasteiger partial charge in [0.15, 0.2) is 17.6 Å². The second-order valence-electron chi connectivity index (χ2n) is 20.0. The third-order valence-corrected chi connectivity index (χ3v) is 14.2. The fourth-order valence-electron chi connectivity index (χ4n) is 11.2. The smallest absolute Gasteiger partial charge is 0.161 e. The zero-order chi connectivity index (χ0) is 47.6. The van der Waals surface area contributed by atoms with Gasteiger partial charge in [0.25, 0.3) is 0 Å². The summed E-state index contributed by atoms with van der Waals surface area (Å²) in [6.45, 7) is 8.07. The molecule has 5 aromatic carbocycles. The lowest BCUT2D eigenvalue weighted by Crippen LogP contribution is -2.56. The molecule has 0 radical (unpaired) electrons. The molecule has 3 heterocycles. The van der Waals surface area contributed by atoms with Crippen molar-refractivity contribution in [2.75, 3.05) is 53.8 Å².